The molecule has 1 unspecified atom stereocenters. The highest BCUT2D eigenvalue weighted by Gasteiger charge is 2.18. The lowest BCUT2D eigenvalue weighted by atomic mass is 10.0. The van der Waals surface area contributed by atoms with E-state index in [0.29, 0.717) is 11.4 Å². The minimum atomic E-state index is -0.309. The first-order valence-corrected chi connectivity index (χ1v) is 7.71. The fraction of sp³-hybridized carbons (Fsp3) is 0.438. The smallest absolute Gasteiger partial charge is 0.126 e. The van der Waals surface area contributed by atoms with Gasteiger partial charge in [0.25, 0.3) is 0 Å². The van der Waals surface area contributed by atoms with Crippen LogP contribution in [-0.2, 0) is 13.0 Å². The molecule has 0 bridgehead atoms. The Kier molecular flexibility index (Phi) is 5.76. The predicted molar refractivity (Wildman–Crippen MR) is 84.0 cm³/mol. The number of hydrogen-bond acceptors (Lipinski definition) is 2. The second-order valence-electron chi connectivity index (χ2n) is 5.03. The van der Waals surface area contributed by atoms with E-state index in [-0.39, 0.29) is 11.9 Å². The Balaban J connectivity index is 2.24. The predicted octanol–water partition coefficient (Wildman–Crippen LogP) is 3.98. The van der Waals surface area contributed by atoms with Crippen molar-refractivity contribution in [1.29, 1.82) is 0 Å². The SMILES string of the molecule is CCCn1ccnc1C(Cc1ccc(F)cc1Cl)NCC. The van der Waals surface area contributed by atoms with E-state index >= 15 is 0 Å². The summed E-state index contributed by atoms with van der Waals surface area (Å²) >= 11 is 6.14. The van der Waals surface area contributed by atoms with E-state index in [1.807, 2.05) is 12.4 Å². The maximum absolute atomic E-state index is 13.2. The molecule has 0 radical (unpaired) electrons. The van der Waals surface area contributed by atoms with Gasteiger partial charge in [0.1, 0.15) is 11.6 Å². The molecule has 0 fully saturated rings. The first kappa shape index (κ1) is 16.0. The first-order valence-electron chi connectivity index (χ1n) is 7.34. The second kappa shape index (κ2) is 7.57. The number of halogens is 2. The molecule has 1 N–H and O–H groups in total. The van der Waals surface area contributed by atoms with Crippen molar-refractivity contribution < 1.29 is 4.39 Å². The van der Waals surface area contributed by atoms with Crippen molar-refractivity contribution in [3.63, 3.8) is 0 Å². The largest absolute Gasteiger partial charge is 0.334 e. The summed E-state index contributed by atoms with van der Waals surface area (Å²) < 4.78 is 15.3. The molecular weight excluding hydrogens is 289 g/mol. The van der Waals surface area contributed by atoms with Crippen molar-refractivity contribution in [2.75, 3.05) is 6.54 Å². The van der Waals surface area contributed by atoms with Crippen LogP contribution in [-0.4, -0.2) is 16.1 Å². The lowest BCUT2D eigenvalue weighted by molar-refractivity contribution is 0.487. The van der Waals surface area contributed by atoms with Gasteiger partial charge in [-0.2, -0.15) is 0 Å². The highest BCUT2D eigenvalue weighted by atomic mass is 35.5. The Hall–Kier alpha value is -1.39. The molecule has 0 aliphatic rings. The third-order valence-electron chi connectivity index (χ3n) is 3.41. The fourth-order valence-electron chi connectivity index (χ4n) is 2.47. The van der Waals surface area contributed by atoms with Crippen LogP contribution in [0, 0.1) is 5.82 Å². The molecule has 0 aliphatic carbocycles. The van der Waals surface area contributed by atoms with Crippen LogP contribution in [0.4, 0.5) is 4.39 Å². The molecule has 2 rings (SSSR count). The van der Waals surface area contributed by atoms with Gasteiger partial charge in [0.05, 0.1) is 6.04 Å². The number of imidazole rings is 1. The molecule has 0 saturated heterocycles. The maximum Gasteiger partial charge on any atom is 0.126 e. The molecule has 1 aromatic carbocycles. The molecular formula is C16H21ClFN3. The molecule has 3 nitrogen and oxygen atoms in total. The van der Waals surface area contributed by atoms with Crippen LogP contribution in [0.3, 0.4) is 0 Å². The Bertz CT molecular complexity index is 583. The van der Waals surface area contributed by atoms with Gasteiger partial charge in [-0.15, -0.1) is 0 Å². The van der Waals surface area contributed by atoms with Crippen LogP contribution >= 0.6 is 11.6 Å². The zero-order valence-corrected chi connectivity index (χ0v) is 13.2. The first-order chi connectivity index (χ1) is 10.2. The van der Waals surface area contributed by atoms with Crippen molar-refractivity contribution in [3.8, 4) is 0 Å². The monoisotopic (exact) mass is 309 g/mol. The Morgan fingerprint density at radius 2 is 2.19 bits per heavy atom. The van der Waals surface area contributed by atoms with Crippen molar-refractivity contribution in [3.05, 3.63) is 52.8 Å². The number of nitrogens with one attached hydrogen (secondary N) is 1. The molecule has 0 aliphatic heterocycles. The third-order valence-corrected chi connectivity index (χ3v) is 3.77. The van der Waals surface area contributed by atoms with Crippen LogP contribution in [0.1, 0.15) is 37.7 Å². The summed E-state index contributed by atoms with van der Waals surface area (Å²) in [6, 6.07) is 4.62. The normalized spacial score (nSPS) is 12.6. The van der Waals surface area contributed by atoms with Gasteiger partial charge in [0, 0.05) is 24.0 Å². The van der Waals surface area contributed by atoms with E-state index in [2.05, 4.69) is 28.7 Å². The lowest BCUT2D eigenvalue weighted by Gasteiger charge is -2.19. The Morgan fingerprint density at radius 1 is 1.38 bits per heavy atom. The number of aryl methyl sites for hydroxylation is 1. The topological polar surface area (TPSA) is 29.9 Å². The van der Waals surface area contributed by atoms with Gasteiger partial charge in [-0.3, -0.25) is 0 Å². The standard InChI is InChI=1S/C16H21ClFN3/c1-3-8-21-9-7-20-16(21)15(19-4-2)10-12-5-6-13(18)11-14(12)17/h5-7,9,11,15,19H,3-4,8,10H2,1-2H3. The second-order valence-corrected chi connectivity index (χ2v) is 5.44. The van der Waals surface area contributed by atoms with Crippen molar-refractivity contribution in [2.45, 2.75) is 39.3 Å². The average Bonchev–Trinajstić information content (AvgIpc) is 2.90. The van der Waals surface area contributed by atoms with Crippen LogP contribution in [0.2, 0.25) is 5.02 Å². The molecule has 1 heterocycles. The zero-order chi connectivity index (χ0) is 15.2. The highest BCUT2D eigenvalue weighted by Crippen LogP contribution is 2.24. The van der Waals surface area contributed by atoms with Crippen LogP contribution < -0.4 is 5.32 Å². The molecule has 21 heavy (non-hydrogen) atoms. The number of benzene rings is 1. The minimum Gasteiger partial charge on any atom is -0.334 e. The van der Waals surface area contributed by atoms with Crippen molar-refractivity contribution >= 4 is 11.6 Å². The fourth-order valence-corrected chi connectivity index (χ4v) is 2.71. The van der Waals surface area contributed by atoms with Gasteiger partial charge in [0.2, 0.25) is 0 Å². The van der Waals surface area contributed by atoms with E-state index < -0.39 is 0 Å². The van der Waals surface area contributed by atoms with E-state index in [4.69, 9.17) is 11.6 Å². The zero-order valence-electron chi connectivity index (χ0n) is 12.4. The van der Waals surface area contributed by atoms with E-state index in [0.717, 1.165) is 30.9 Å². The number of hydrogen-bond donors (Lipinski definition) is 1. The van der Waals surface area contributed by atoms with Crippen molar-refractivity contribution in [2.24, 2.45) is 0 Å². The van der Waals surface area contributed by atoms with Gasteiger partial charge in [0.15, 0.2) is 0 Å². The number of likely N-dealkylation sites (N-methyl/N-ethyl adjacent to an activating group) is 1. The van der Waals surface area contributed by atoms with E-state index in [1.54, 1.807) is 6.07 Å². The molecule has 1 aromatic heterocycles. The van der Waals surface area contributed by atoms with E-state index in [1.165, 1.54) is 12.1 Å². The summed E-state index contributed by atoms with van der Waals surface area (Å²) in [5, 5.41) is 3.90. The Morgan fingerprint density at radius 3 is 2.86 bits per heavy atom. The summed E-state index contributed by atoms with van der Waals surface area (Å²) in [6.07, 6.45) is 5.56. The molecule has 0 spiro atoms. The van der Waals surface area contributed by atoms with Crippen molar-refractivity contribution in [1.82, 2.24) is 14.9 Å². The summed E-state index contributed by atoms with van der Waals surface area (Å²) in [5.74, 6) is 0.690. The van der Waals surface area contributed by atoms with Gasteiger partial charge >= 0.3 is 0 Å². The highest BCUT2D eigenvalue weighted by molar-refractivity contribution is 6.31. The summed E-state index contributed by atoms with van der Waals surface area (Å²) in [6.45, 7) is 5.98. The molecule has 114 valence electrons. The van der Waals surface area contributed by atoms with Gasteiger partial charge < -0.3 is 9.88 Å². The Labute approximate surface area is 130 Å². The molecule has 5 heteroatoms. The minimum absolute atomic E-state index is 0.0690. The van der Waals surface area contributed by atoms with Gasteiger partial charge in [-0.25, -0.2) is 9.37 Å². The van der Waals surface area contributed by atoms with Gasteiger partial charge in [-0.05, 0) is 37.1 Å². The molecule has 0 saturated carbocycles. The van der Waals surface area contributed by atoms with E-state index in [9.17, 15) is 4.39 Å². The van der Waals surface area contributed by atoms with Crippen LogP contribution in [0.15, 0.2) is 30.6 Å². The lowest BCUT2D eigenvalue weighted by Crippen LogP contribution is -2.26. The molecule has 1 atom stereocenters. The number of nitrogens with zero attached hydrogens (tertiary/aromatic N) is 2. The van der Waals surface area contributed by atoms with Gasteiger partial charge in [-0.1, -0.05) is 31.5 Å². The summed E-state index contributed by atoms with van der Waals surface area (Å²) in [7, 11) is 0. The molecule has 0 amide bonds. The summed E-state index contributed by atoms with van der Waals surface area (Å²) in [5.41, 5.74) is 0.926. The third kappa shape index (κ3) is 4.05. The maximum atomic E-state index is 13.2. The number of aromatic nitrogens is 2. The number of rotatable bonds is 7. The molecule has 2 aromatic rings. The van der Waals surface area contributed by atoms with Crippen LogP contribution in [0.5, 0.6) is 0 Å². The average molecular weight is 310 g/mol. The summed E-state index contributed by atoms with van der Waals surface area (Å²) in [4.78, 5) is 4.48. The van der Waals surface area contributed by atoms with Crippen LogP contribution in [0.25, 0.3) is 0 Å². The quantitative estimate of drug-likeness (QED) is 0.838.